The largest absolute Gasteiger partial charge is 0.269 e. The van der Waals surface area contributed by atoms with Gasteiger partial charge in [0, 0.05) is 38.9 Å². The summed E-state index contributed by atoms with van der Waals surface area (Å²) in [5, 5.41) is 26.7. The van der Waals surface area contributed by atoms with Gasteiger partial charge in [0.2, 0.25) is 4.99 Å². The number of nitrogens with zero attached hydrogens (tertiary/aromatic N) is 5. The second kappa shape index (κ2) is 10.6. The summed E-state index contributed by atoms with van der Waals surface area (Å²) < 4.78 is 0.995. The van der Waals surface area contributed by atoms with Gasteiger partial charge in [-0.15, -0.1) is 0 Å². The Labute approximate surface area is 255 Å². The van der Waals surface area contributed by atoms with Crippen molar-refractivity contribution >= 4 is 55.5 Å². The number of benzene rings is 5. The van der Waals surface area contributed by atoms with Crippen molar-refractivity contribution in [3.63, 3.8) is 0 Å². The minimum Gasteiger partial charge on any atom is -0.258 e. The monoisotopic (exact) mass is 631 g/mol. The number of hydrogen-bond donors (Lipinski definition) is 0. The van der Waals surface area contributed by atoms with Gasteiger partial charge in [-0.3, -0.25) is 10.1 Å². The van der Waals surface area contributed by atoms with E-state index in [1.165, 1.54) is 12.1 Å². The molecule has 0 aliphatic carbocycles. The van der Waals surface area contributed by atoms with E-state index < -0.39 is 9.92 Å². The summed E-state index contributed by atoms with van der Waals surface area (Å²) in [6, 6.07) is 43.2. The van der Waals surface area contributed by atoms with Crippen molar-refractivity contribution in [1.29, 1.82) is 0 Å². The maximum absolute atomic E-state index is 11.4. The van der Waals surface area contributed by atoms with Crippen LogP contribution in [0.2, 0.25) is 0 Å². The summed E-state index contributed by atoms with van der Waals surface area (Å²) in [5.74, 6) is 0. The van der Waals surface area contributed by atoms with Crippen LogP contribution in [0, 0.1) is 10.1 Å². The topological polar surface area (TPSA) is 74.3 Å². The van der Waals surface area contributed by atoms with Crippen LogP contribution in [0.5, 0.6) is 0 Å². The van der Waals surface area contributed by atoms with Crippen molar-refractivity contribution < 1.29 is 4.92 Å². The van der Waals surface area contributed by atoms with Gasteiger partial charge < -0.3 is 0 Å². The Morgan fingerprint density at radius 2 is 1.21 bits per heavy atom. The molecule has 1 atom stereocenters. The van der Waals surface area contributed by atoms with Gasteiger partial charge in [-0.2, -0.15) is 10.2 Å². The fourth-order valence-electron chi connectivity index (χ4n) is 5.24. The number of hydrogen-bond acceptors (Lipinski definition) is 7. The Hall–Kier alpha value is -4.73. The van der Waals surface area contributed by atoms with E-state index in [9.17, 15) is 10.1 Å². The van der Waals surface area contributed by atoms with Crippen molar-refractivity contribution in [2.24, 2.45) is 10.2 Å². The molecule has 0 N–H and O–H groups in total. The summed E-state index contributed by atoms with van der Waals surface area (Å²) >= 11 is 5.13. The minimum absolute atomic E-state index is 0.0367. The molecular weight excluding hydrogens is 610 g/mol. The fourth-order valence-corrected chi connectivity index (χ4v) is 6.90. The molecule has 42 heavy (non-hydrogen) atoms. The number of anilines is 2. The van der Waals surface area contributed by atoms with E-state index in [0.717, 1.165) is 48.9 Å². The Balaban J connectivity index is 1.48. The van der Waals surface area contributed by atoms with Crippen LogP contribution in [-0.2, 0) is 4.99 Å². The van der Waals surface area contributed by atoms with Crippen LogP contribution < -0.4 is 10.0 Å². The van der Waals surface area contributed by atoms with Gasteiger partial charge in [0.05, 0.1) is 22.0 Å². The first-order chi connectivity index (χ1) is 20.5. The number of nitro groups is 1. The smallest absolute Gasteiger partial charge is 0.258 e. The summed E-state index contributed by atoms with van der Waals surface area (Å²) in [5.41, 5.74) is 6.48. The quantitative estimate of drug-likeness (QED) is 0.144. The molecule has 0 bridgehead atoms. The third kappa shape index (κ3) is 4.38. The van der Waals surface area contributed by atoms with Gasteiger partial charge in [0.25, 0.3) is 5.69 Å². The highest BCUT2D eigenvalue weighted by atomic mass is 79.9. The van der Waals surface area contributed by atoms with E-state index in [-0.39, 0.29) is 5.69 Å². The van der Waals surface area contributed by atoms with E-state index in [1.54, 1.807) is 23.9 Å². The van der Waals surface area contributed by atoms with Crippen LogP contribution in [0.4, 0.5) is 17.1 Å². The molecule has 0 aromatic heterocycles. The number of para-hydroxylation sites is 2. The summed E-state index contributed by atoms with van der Waals surface area (Å²) in [6.07, 6.45) is 0. The zero-order valence-electron chi connectivity index (χ0n) is 22.0. The molecular formula is C33H22BrN5O2S. The summed E-state index contributed by atoms with van der Waals surface area (Å²) in [4.78, 5) is 10.0. The van der Waals surface area contributed by atoms with Crippen LogP contribution in [-0.4, -0.2) is 15.7 Å². The average molecular weight is 633 g/mol. The Kier molecular flexibility index (Phi) is 6.60. The van der Waals surface area contributed by atoms with Crippen molar-refractivity contribution in [2.75, 3.05) is 10.0 Å². The van der Waals surface area contributed by atoms with Gasteiger partial charge in [-0.25, -0.2) is 10.0 Å². The molecule has 0 unspecified atom stereocenters. The SMILES string of the molecule is O=[N+]([O-])c1ccc(C2=NN(c3ccccc3)[C@]3(S2)c2ccccc2C(c2ccc(Br)cc2)=NN3c2ccccc2)cc1. The molecule has 0 fully saturated rings. The molecule has 0 saturated heterocycles. The number of non-ortho nitro benzene ring substituents is 1. The molecule has 5 aromatic carbocycles. The molecule has 9 heteroatoms. The van der Waals surface area contributed by atoms with E-state index in [4.69, 9.17) is 10.2 Å². The number of hydrazone groups is 2. The van der Waals surface area contributed by atoms with Crippen LogP contribution in [0.15, 0.2) is 148 Å². The molecule has 204 valence electrons. The molecule has 2 heterocycles. The highest BCUT2D eigenvalue weighted by Crippen LogP contribution is 2.55. The summed E-state index contributed by atoms with van der Waals surface area (Å²) in [7, 11) is 0. The summed E-state index contributed by atoms with van der Waals surface area (Å²) in [6.45, 7) is 0. The zero-order valence-corrected chi connectivity index (χ0v) is 24.4. The standard InChI is InChI=1S/C33H22BrN5O2S/c34-25-19-15-23(16-20-25)31-29-13-7-8-14-30(29)33(37(35-31)26-9-3-1-4-10-26)38(27-11-5-2-6-12-27)36-32(42-33)24-17-21-28(22-18-24)39(40)41/h1-22H/t33-/m0/s1. The van der Waals surface area contributed by atoms with Gasteiger partial charge >= 0.3 is 0 Å². The first kappa shape index (κ1) is 26.2. The Morgan fingerprint density at radius 1 is 0.667 bits per heavy atom. The Morgan fingerprint density at radius 3 is 1.83 bits per heavy atom. The van der Waals surface area contributed by atoms with E-state index in [1.807, 2.05) is 94.9 Å². The molecule has 2 aliphatic rings. The predicted molar refractivity (Wildman–Crippen MR) is 173 cm³/mol. The van der Waals surface area contributed by atoms with Gasteiger partial charge in [0.1, 0.15) is 5.04 Å². The molecule has 1 spiro atoms. The minimum atomic E-state index is -0.935. The maximum atomic E-state index is 11.4. The first-order valence-corrected chi connectivity index (χ1v) is 14.8. The lowest BCUT2D eigenvalue weighted by Crippen LogP contribution is -2.54. The van der Waals surface area contributed by atoms with Crippen LogP contribution >= 0.6 is 27.7 Å². The number of fused-ring (bicyclic) bond motifs is 2. The second-order valence-corrected chi connectivity index (χ2v) is 11.8. The highest BCUT2D eigenvalue weighted by Gasteiger charge is 2.55. The highest BCUT2D eigenvalue weighted by molar-refractivity contribution is 9.10. The normalized spacial score (nSPS) is 17.5. The van der Waals surface area contributed by atoms with Gasteiger partial charge in [-0.1, -0.05) is 88.7 Å². The lowest BCUT2D eigenvalue weighted by molar-refractivity contribution is -0.384. The van der Waals surface area contributed by atoms with Gasteiger partial charge in [-0.05, 0) is 60.3 Å². The molecule has 0 amide bonds. The second-order valence-electron chi connectivity index (χ2n) is 9.72. The van der Waals surface area contributed by atoms with Crippen molar-refractivity contribution in [1.82, 2.24) is 0 Å². The first-order valence-electron chi connectivity index (χ1n) is 13.2. The molecule has 5 aromatic rings. The van der Waals surface area contributed by atoms with E-state index in [0.29, 0.717) is 0 Å². The third-order valence-electron chi connectivity index (χ3n) is 7.18. The van der Waals surface area contributed by atoms with Crippen molar-refractivity contribution in [3.8, 4) is 0 Å². The number of nitro benzene ring substituents is 1. The molecule has 2 aliphatic heterocycles. The third-order valence-corrected chi connectivity index (χ3v) is 9.07. The average Bonchev–Trinajstić information content (AvgIpc) is 3.44. The molecule has 7 rings (SSSR count). The number of rotatable bonds is 5. The lowest BCUT2D eigenvalue weighted by Gasteiger charge is -2.47. The van der Waals surface area contributed by atoms with Crippen LogP contribution in [0.3, 0.4) is 0 Å². The maximum Gasteiger partial charge on any atom is 0.269 e. The number of thioether (sulfide) groups is 1. The predicted octanol–water partition coefficient (Wildman–Crippen LogP) is 8.36. The van der Waals surface area contributed by atoms with Crippen molar-refractivity contribution in [2.45, 2.75) is 4.99 Å². The zero-order chi connectivity index (χ0) is 28.7. The van der Waals surface area contributed by atoms with E-state index in [2.05, 4.69) is 40.2 Å². The van der Waals surface area contributed by atoms with Crippen molar-refractivity contribution in [3.05, 3.63) is 170 Å². The van der Waals surface area contributed by atoms with Crippen LogP contribution in [0.25, 0.3) is 0 Å². The molecule has 0 saturated carbocycles. The Bertz CT molecular complexity index is 1850. The van der Waals surface area contributed by atoms with E-state index >= 15 is 0 Å². The molecule has 0 radical (unpaired) electrons. The number of halogens is 1. The van der Waals surface area contributed by atoms with Gasteiger partial charge in [0.15, 0.2) is 0 Å². The van der Waals surface area contributed by atoms with Crippen LogP contribution in [0.1, 0.15) is 22.3 Å². The lowest BCUT2D eigenvalue weighted by atomic mass is 9.93. The molecule has 7 nitrogen and oxygen atoms in total. The fraction of sp³-hybridized carbons (Fsp3) is 0.0303.